The molecule has 24 heavy (non-hydrogen) atoms. The van der Waals surface area contributed by atoms with Crippen molar-refractivity contribution >= 4 is 12.0 Å². The minimum Gasteiger partial charge on any atom is -0.496 e. The number of halogens is 3. The highest BCUT2D eigenvalue weighted by molar-refractivity contribution is 5.81. The molecule has 1 unspecified atom stereocenters. The van der Waals surface area contributed by atoms with Gasteiger partial charge in [0.05, 0.1) is 13.4 Å². The van der Waals surface area contributed by atoms with Gasteiger partial charge in [0.2, 0.25) is 0 Å². The van der Waals surface area contributed by atoms with E-state index in [1.165, 1.54) is 13.2 Å². The zero-order valence-electron chi connectivity index (χ0n) is 14.4. The molecule has 2 rings (SSSR count). The van der Waals surface area contributed by atoms with Crippen molar-refractivity contribution in [2.45, 2.75) is 38.5 Å². The Morgan fingerprint density at radius 2 is 2.12 bits per heavy atom. The van der Waals surface area contributed by atoms with Crippen molar-refractivity contribution < 1.29 is 22.6 Å². The molecule has 1 aromatic carbocycles. The maximum atomic E-state index is 13.8. The van der Waals surface area contributed by atoms with Crippen LogP contribution in [0, 0.1) is 6.92 Å². The molecular weight excluding hydrogens is 321 g/mol. The molecule has 1 aromatic rings. The fourth-order valence-corrected chi connectivity index (χ4v) is 3.15. The van der Waals surface area contributed by atoms with E-state index >= 15 is 0 Å². The van der Waals surface area contributed by atoms with Gasteiger partial charge >= 0.3 is 6.18 Å². The molecule has 0 aliphatic carbocycles. The molecular formula is C17H23F3N2O2. The lowest BCUT2D eigenvalue weighted by atomic mass is 9.87. The van der Waals surface area contributed by atoms with Crippen LogP contribution < -0.4 is 9.64 Å². The van der Waals surface area contributed by atoms with Gasteiger partial charge in [0.1, 0.15) is 5.75 Å². The smallest absolute Gasteiger partial charge is 0.421 e. The van der Waals surface area contributed by atoms with Crippen LogP contribution >= 0.6 is 0 Å². The van der Waals surface area contributed by atoms with Crippen molar-refractivity contribution in [1.29, 1.82) is 0 Å². The third-order valence-electron chi connectivity index (χ3n) is 4.34. The normalized spacial score (nSPS) is 21.5. The molecule has 1 atom stereocenters. The Hall–Kier alpha value is -1.76. The molecule has 4 nitrogen and oxygen atoms in total. The van der Waals surface area contributed by atoms with Crippen LogP contribution in [0.25, 0.3) is 0 Å². The molecule has 7 heteroatoms. The summed E-state index contributed by atoms with van der Waals surface area (Å²) in [5.41, 5.74) is -0.774. The van der Waals surface area contributed by atoms with Crippen molar-refractivity contribution in [2.24, 2.45) is 4.99 Å². The first-order chi connectivity index (χ1) is 11.3. The fraction of sp³-hybridized carbons (Fsp3) is 0.588. The van der Waals surface area contributed by atoms with Crippen LogP contribution in [0.3, 0.4) is 0 Å². The summed E-state index contributed by atoms with van der Waals surface area (Å²) >= 11 is 0. The lowest BCUT2D eigenvalue weighted by Crippen LogP contribution is -2.42. The van der Waals surface area contributed by atoms with Crippen LogP contribution in [0.15, 0.2) is 17.1 Å². The maximum absolute atomic E-state index is 13.8. The minimum atomic E-state index is -4.50. The Labute approximate surface area is 140 Å². The Kier molecular flexibility index (Phi) is 5.42. The highest BCUT2D eigenvalue weighted by Gasteiger charge is 2.60. The van der Waals surface area contributed by atoms with Gasteiger partial charge < -0.3 is 14.4 Å². The van der Waals surface area contributed by atoms with Crippen LogP contribution in [0.4, 0.5) is 18.9 Å². The van der Waals surface area contributed by atoms with Crippen molar-refractivity contribution in [2.75, 3.05) is 32.2 Å². The van der Waals surface area contributed by atoms with E-state index in [1.807, 2.05) is 11.8 Å². The third-order valence-corrected chi connectivity index (χ3v) is 4.34. The van der Waals surface area contributed by atoms with Crippen LogP contribution in [0.2, 0.25) is 0 Å². The van der Waals surface area contributed by atoms with Gasteiger partial charge in [0.15, 0.2) is 5.60 Å². The fourth-order valence-electron chi connectivity index (χ4n) is 3.15. The molecule has 0 bridgehead atoms. The summed E-state index contributed by atoms with van der Waals surface area (Å²) in [6.07, 6.45) is -2.58. The molecule has 0 radical (unpaired) electrons. The SMILES string of the molecule is CCN(C=NC)c1cc(OC)c(C2(C(F)(F)F)CCCO2)cc1C. The van der Waals surface area contributed by atoms with E-state index in [0.717, 1.165) is 5.69 Å². The number of hydrogen-bond acceptors (Lipinski definition) is 3. The molecule has 1 aliphatic rings. The Bertz CT molecular complexity index is 609. The molecule has 1 aliphatic heterocycles. The lowest BCUT2D eigenvalue weighted by molar-refractivity contribution is -0.269. The second kappa shape index (κ2) is 7.01. The Morgan fingerprint density at radius 3 is 2.58 bits per heavy atom. The zero-order chi connectivity index (χ0) is 18.0. The Balaban J connectivity index is 2.62. The summed E-state index contributed by atoms with van der Waals surface area (Å²) in [5.74, 6) is 0.178. The molecule has 0 aromatic heterocycles. The van der Waals surface area contributed by atoms with Gasteiger partial charge in [-0.05, 0) is 38.3 Å². The second-order valence-corrected chi connectivity index (χ2v) is 5.78. The van der Waals surface area contributed by atoms with Crippen LogP contribution in [-0.4, -0.2) is 39.8 Å². The van der Waals surface area contributed by atoms with Gasteiger partial charge in [-0.1, -0.05) is 0 Å². The predicted octanol–water partition coefficient (Wildman–Crippen LogP) is 4.06. The molecule has 1 heterocycles. The molecule has 134 valence electrons. The van der Waals surface area contributed by atoms with E-state index in [1.54, 1.807) is 26.4 Å². The van der Waals surface area contributed by atoms with Gasteiger partial charge in [0.25, 0.3) is 0 Å². The summed E-state index contributed by atoms with van der Waals surface area (Å²) in [4.78, 5) is 5.85. The number of hydrogen-bond donors (Lipinski definition) is 0. The van der Waals surface area contributed by atoms with Crippen molar-refractivity contribution in [3.63, 3.8) is 0 Å². The number of alkyl halides is 3. The lowest BCUT2D eigenvalue weighted by Gasteiger charge is -2.33. The molecule has 0 spiro atoms. The third kappa shape index (κ3) is 3.09. The first-order valence-corrected chi connectivity index (χ1v) is 7.89. The van der Waals surface area contributed by atoms with Crippen molar-refractivity contribution in [3.8, 4) is 5.75 Å². The average molecular weight is 344 g/mol. The predicted molar refractivity (Wildman–Crippen MR) is 88.1 cm³/mol. The van der Waals surface area contributed by atoms with Crippen LogP contribution in [0.5, 0.6) is 5.75 Å². The van der Waals surface area contributed by atoms with Crippen LogP contribution in [0.1, 0.15) is 30.9 Å². The molecule has 1 fully saturated rings. The summed E-state index contributed by atoms with van der Waals surface area (Å²) in [7, 11) is 3.02. The monoisotopic (exact) mass is 344 g/mol. The standard InChI is InChI=1S/C17H23F3N2O2/c1-5-22(11-21-3)14-10-15(23-4)13(9-12(14)2)16(17(18,19)20)7-6-8-24-16/h9-11H,5-8H2,1-4H3. The first-order valence-electron chi connectivity index (χ1n) is 7.89. The van der Waals surface area contributed by atoms with Gasteiger partial charge in [-0.25, -0.2) is 0 Å². The highest BCUT2D eigenvalue weighted by atomic mass is 19.4. The number of benzene rings is 1. The number of methoxy groups -OCH3 is 1. The van der Waals surface area contributed by atoms with E-state index in [9.17, 15) is 13.2 Å². The summed E-state index contributed by atoms with van der Waals surface area (Å²) in [6, 6.07) is 3.16. The summed E-state index contributed by atoms with van der Waals surface area (Å²) in [6.45, 7) is 4.46. The number of aryl methyl sites for hydroxylation is 1. The first kappa shape index (κ1) is 18.6. The number of rotatable bonds is 5. The highest BCUT2D eigenvalue weighted by Crippen LogP contribution is 2.52. The average Bonchev–Trinajstić information content (AvgIpc) is 3.03. The Morgan fingerprint density at radius 1 is 1.42 bits per heavy atom. The molecule has 1 saturated heterocycles. The topological polar surface area (TPSA) is 34.1 Å². The minimum absolute atomic E-state index is 0.0424. The number of nitrogens with zero attached hydrogens (tertiary/aromatic N) is 2. The van der Waals surface area contributed by atoms with E-state index < -0.39 is 11.8 Å². The van der Waals surface area contributed by atoms with E-state index in [4.69, 9.17) is 9.47 Å². The largest absolute Gasteiger partial charge is 0.496 e. The van der Waals surface area contributed by atoms with E-state index in [-0.39, 0.29) is 24.3 Å². The summed E-state index contributed by atoms with van der Waals surface area (Å²) < 4.78 is 51.9. The van der Waals surface area contributed by atoms with Gasteiger partial charge in [-0.2, -0.15) is 13.2 Å². The van der Waals surface area contributed by atoms with Gasteiger partial charge in [-0.15, -0.1) is 0 Å². The zero-order valence-corrected chi connectivity index (χ0v) is 14.4. The van der Waals surface area contributed by atoms with E-state index in [2.05, 4.69) is 4.99 Å². The number of anilines is 1. The second-order valence-electron chi connectivity index (χ2n) is 5.78. The van der Waals surface area contributed by atoms with Gasteiger partial charge in [0, 0.05) is 37.5 Å². The maximum Gasteiger partial charge on any atom is 0.421 e. The molecule has 0 saturated carbocycles. The van der Waals surface area contributed by atoms with E-state index in [0.29, 0.717) is 18.5 Å². The number of aliphatic imine (C=N–C) groups is 1. The van der Waals surface area contributed by atoms with Gasteiger partial charge in [-0.3, -0.25) is 4.99 Å². The van der Waals surface area contributed by atoms with Crippen molar-refractivity contribution in [3.05, 3.63) is 23.3 Å². The molecule has 0 N–H and O–H groups in total. The summed E-state index contributed by atoms with van der Waals surface area (Å²) in [5, 5.41) is 0. The number of ether oxygens (including phenoxy) is 2. The van der Waals surface area contributed by atoms with Crippen LogP contribution in [-0.2, 0) is 10.3 Å². The quantitative estimate of drug-likeness (QED) is 0.597. The van der Waals surface area contributed by atoms with Crippen molar-refractivity contribution in [1.82, 2.24) is 0 Å². The molecule has 0 amide bonds.